The van der Waals surface area contributed by atoms with Crippen LogP contribution in [0.25, 0.3) is 27.9 Å². The van der Waals surface area contributed by atoms with Gasteiger partial charge in [-0.05, 0) is 42.5 Å². The number of nitriles is 1. The number of hydrogen-bond acceptors (Lipinski definition) is 5. The van der Waals surface area contributed by atoms with Crippen molar-refractivity contribution in [3.63, 3.8) is 0 Å². The minimum Gasteiger partial charge on any atom is -0.320 e. The van der Waals surface area contributed by atoms with Gasteiger partial charge in [0.05, 0.1) is 33.9 Å². The van der Waals surface area contributed by atoms with Crippen LogP contribution in [0.3, 0.4) is 0 Å². The SMILES string of the molecule is Cn1cc(-c2cc3c(-c4ccc(NS(=O)(=O)c5ccc(C#N)cc5)cc4)nccn3c2)cn1. The summed E-state index contributed by atoms with van der Waals surface area (Å²) in [5.41, 5.74) is 5.46. The van der Waals surface area contributed by atoms with Gasteiger partial charge in [0.2, 0.25) is 0 Å². The molecular formula is C24H18N6O2S. The van der Waals surface area contributed by atoms with Gasteiger partial charge in [-0.2, -0.15) is 10.4 Å². The first-order valence-corrected chi connectivity index (χ1v) is 11.5. The largest absolute Gasteiger partial charge is 0.320 e. The van der Waals surface area contributed by atoms with Gasteiger partial charge in [0.25, 0.3) is 10.0 Å². The van der Waals surface area contributed by atoms with Crippen LogP contribution in [0.5, 0.6) is 0 Å². The summed E-state index contributed by atoms with van der Waals surface area (Å²) in [4.78, 5) is 4.64. The van der Waals surface area contributed by atoms with E-state index < -0.39 is 10.0 Å². The Balaban J connectivity index is 1.43. The predicted molar refractivity (Wildman–Crippen MR) is 125 cm³/mol. The summed E-state index contributed by atoms with van der Waals surface area (Å²) in [6, 6.07) is 16.9. The molecule has 2 aromatic carbocycles. The summed E-state index contributed by atoms with van der Waals surface area (Å²) in [6.45, 7) is 0. The third-order valence-corrected chi connectivity index (χ3v) is 6.66. The fourth-order valence-electron chi connectivity index (χ4n) is 3.61. The summed E-state index contributed by atoms with van der Waals surface area (Å²) >= 11 is 0. The van der Waals surface area contributed by atoms with E-state index in [1.54, 1.807) is 23.0 Å². The molecule has 8 nitrogen and oxygen atoms in total. The zero-order chi connectivity index (χ0) is 23.0. The van der Waals surface area contributed by atoms with Crippen molar-refractivity contribution in [2.45, 2.75) is 4.90 Å². The summed E-state index contributed by atoms with van der Waals surface area (Å²) in [5, 5.41) is 13.1. The second kappa shape index (κ2) is 7.93. The van der Waals surface area contributed by atoms with Crippen molar-refractivity contribution in [2.75, 3.05) is 4.72 Å². The van der Waals surface area contributed by atoms with Crippen LogP contribution in [0, 0.1) is 11.3 Å². The molecule has 0 saturated heterocycles. The second-order valence-corrected chi connectivity index (χ2v) is 9.20. The fourth-order valence-corrected chi connectivity index (χ4v) is 4.67. The summed E-state index contributed by atoms with van der Waals surface area (Å²) in [6.07, 6.45) is 9.42. The molecule has 33 heavy (non-hydrogen) atoms. The number of aromatic nitrogens is 4. The molecule has 0 amide bonds. The van der Waals surface area contributed by atoms with E-state index in [4.69, 9.17) is 5.26 Å². The molecule has 5 rings (SSSR count). The molecule has 3 heterocycles. The number of rotatable bonds is 5. The first-order chi connectivity index (χ1) is 15.9. The molecule has 0 unspecified atom stereocenters. The lowest BCUT2D eigenvalue weighted by Crippen LogP contribution is -2.12. The summed E-state index contributed by atoms with van der Waals surface area (Å²) in [7, 11) is -1.88. The Morgan fingerprint density at radius 2 is 1.73 bits per heavy atom. The number of anilines is 1. The average molecular weight is 455 g/mol. The molecule has 0 aliphatic carbocycles. The van der Waals surface area contributed by atoms with Crippen molar-refractivity contribution >= 4 is 21.2 Å². The number of aryl methyl sites for hydroxylation is 1. The molecule has 0 aliphatic heterocycles. The molecule has 0 spiro atoms. The van der Waals surface area contributed by atoms with Gasteiger partial charge in [-0.15, -0.1) is 0 Å². The molecule has 5 aromatic rings. The Hall–Kier alpha value is -4.42. The third-order valence-electron chi connectivity index (χ3n) is 5.26. The maximum atomic E-state index is 12.7. The van der Waals surface area contributed by atoms with Gasteiger partial charge in [-0.25, -0.2) is 8.42 Å². The maximum Gasteiger partial charge on any atom is 0.261 e. The molecule has 0 aliphatic rings. The molecular weight excluding hydrogens is 436 g/mol. The van der Waals surface area contributed by atoms with Crippen LogP contribution in [0.4, 0.5) is 5.69 Å². The van der Waals surface area contributed by atoms with E-state index in [-0.39, 0.29) is 4.90 Å². The lowest BCUT2D eigenvalue weighted by molar-refractivity contribution is 0.601. The second-order valence-electron chi connectivity index (χ2n) is 7.52. The van der Waals surface area contributed by atoms with Crippen LogP contribution in [0.1, 0.15) is 5.56 Å². The van der Waals surface area contributed by atoms with Crippen molar-refractivity contribution in [3.8, 4) is 28.5 Å². The molecule has 0 radical (unpaired) electrons. The highest BCUT2D eigenvalue weighted by atomic mass is 32.2. The molecule has 3 aromatic heterocycles. The van der Waals surface area contributed by atoms with Crippen LogP contribution < -0.4 is 4.72 Å². The van der Waals surface area contributed by atoms with Gasteiger partial charge in [-0.3, -0.25) is 14.4 Å². The van der Waals surface area contributed by atoms with E-state index in [1.165, 1.54) is 24.3 Å². The molecule has 0 atom stereocenters. The number of sulfonamides is 1. The van der Waals surface area contributed by atoms with E-state index in [9.17, 15) is 8.42 Å². The monoisotopic (exact) mass is 454 g/mol. The van der Waals surface area contributed by atoms with Crippen LogP contribution in [-0.4, -0.2) is 27.6 Å². The summed E-state index contributed by atoms with van der Waals surface area (Å²) in [5.74, 6) is 0. The smallest absolute Gasteiger partial charge is 0.261 e. The Labute approximate surface area is 190 Å². The topological polar surface area (TPSA) is 105 Å². The van der Waals surface area contributed by atoms with Crippen molar-refractivity contribution in [1.29, 1.82) is 5.26 Å². The van der Waals surface area contributed by atoms with Crippen molar-refractivity contribution in [2.24, 2.45) is 7.05 Å². The average Bonchev–Trinajstić information content (AvgIpc) is 3.45. The molecule has 0 saturated carbocycles. The van der Waals surface area contributed by atoms with Crippen LogP contribution in [-0.2, 0) is 17.1 Å². The van der Waals surface area contributed by atoms with Crippen molar-refractivity contribution in [3.05, 3.63) is 91.1 Å². The fraction of sp³-hybridized carbons (Fsp3) is 0.0417. The quantitative estimate of drug-likeness (QED) is 0.431. The zero-order valence-electron chi connectivity index (χ0n) is 17.5. The van der Waals surface area contributed by atoms with Crippen LogP contribution in [0.2, 0.25) is 0 Å². The van der Waals surface area contributed by atoms with Crippen molar-refractivity contribution in [1.82, 2.24) is 19.2 Å². The Morgan fingerprint density at radius 1 is 0.970 bits per heavy atom. The lowest BCUT2D eigenvalue weighted by atomic mass is 10.1. The van der Waals surface area contributed by atoms with Crippen LogP contribution in [0.15, 0.2) is 90.5 Å². The molecule has 9 heteroatoms. The van der Waals surface area contributed by atoms with Gasteiger partial charge < -0.3 is 4.40 Å². The summed E-state index contributed by atoms with van der Waals surface area (Å²) < 4.78 is 31.6. The molecule has 162 valence electrons. The highest BCUT2D eigenvalue weighted by Gasteiger charge is 2.15. The van der Waals surface area contributed by atoms with Gasteiger partial charge in [0, 0.05) is 54.2 Å². The lowest BCUT2D eigenvalue weighted by Gasteiger charge is -2.09. The zero-order valence-corrected chi connectivity index (χ0v) is 18.4. The minimum atomic E-state index is -3.76. The number of fused-ring (bicyclic) bond motifs is 1. The highest BCUT2D eigenvalue weighted by molar-refractivity contribution is 7.92. The predicted octanol–water partition coefficient (Wildman–Crippen LogP) is 4.07. The van der Waals surface area contributed by atoms with Gasteiger partial charge in [0.15, 0.2) is 0 Å². The van der Waals surface area contributed by atoms with E-state index in [2.05, 4.69) is 20.9 Å². The van der Waals surface area contributed by atoms with E-state index in [0.717, 1.165) is 27.9 Å². The molecule has 0 bridgehead atoms. The number of benzene rings is 2. The van der Waals surface area contributed by atoms with Gasteiger partial charge in [-0.1, -0.05) is 12.1 Å². The third kappa shape index (κ3) is 3.95. The molecule has 0 fully saturated rings. The number of nitrogens with zero attached hydrogens (tertiary/aromatic N) is 5. The Morgan fingerprint density at radius 3 is 2.39 bits per heavy atom. The number of hydrogen-bond donors (Lipinski definition) is 1. The molecule has 1 N–H and O–H groups in total. The highest BCUT2D eigenvalue weighted by Crippen LogP contribution is 2.29. The maximum absolute atomic E-state index is 12.7. The Bertz CT molecular complexity index is 1610. The minimum absolute atomic E-state index is 0.0909. The Kier molecular flexibility index (Phi) is 4.92. The van der Waals surface area contributed by atoms with Crippen molar-refractivity contribution < 1.29 is 8.42 Å². The van der Waals surface area contributed by atoms with E-state index in [1.807, 2.05) is 54.4 Å². The number of nitrogens with one attached hydrogen (secondary N) is 1. The standard InChI is InChI=1S/C24H18N6O2S/c1-29-15-20(14-27-29)19-12-23-24(26-10-11-30(23)16-19)18-4-6-21(7-5-18)28-33(31,32)22-8-2-17(13-25)3-9-22/h2-12,14-16,28H,1H3. The van der Waals surface area contributed by atoms with E-state index in [0.29, 0.717) is 11.3 Å². The normalized spacial score (nSPS) is 11.4. The van der Waals surface area contributed by atoms with Crippen LogP contribution >= 0.6 is 0 Å². The van der Waals surface area contributed by atoms with Gasteiger partial charge in [0.1, 0.15) is 0 Å². The van der Waals surface area contributed by atoms with Gasteiger partial charge >= 0.3 is 0 Å². The first-order valence-electron chi connectivity index (χ1n) is 10.0. The first kappa shape index (κ1) is 20.5. The van der Waals surface area contributed by atoms with E-state index >= 15 is 0 Å².